The average molecular weight is 287 g/mol. The summed E-state index contributed by atoms with van der Waals surface area (Å²) in [6.45, 7) is 9.95. The maximum Gasteiger partial charge on any atom is 0.209 e. The molecule has 0 aromatic carbocycles. The molecule has 0 atom stereocenters. The molecule has 0 bridgehead atoms. The summed E-state index contributed by atoms with van der Waals surface area (Å²) in [4.78, 5) is 0. The normalized spacial score (nSPS) is 12.0. The SMILES string of the molecule is COCCNCCn1nnnc1SCCC(C)(C)C. The molecule has 0 saturated carbocycles. The zero-order valence-electron chi connectivity index (χ0n) is 12.3. The molecule has 19 heavy (non-hydrogen) atoms. The molecule has 0 fully saturated rings. The molecule has 0 aliphatic rings. The van der Waals surface area contributed by atoms with E-state index in [9.17, 15) is 0 Å². The molecule has 0 aliphatic heterocycles. The number of aromatic nitrogens is 4. The van der Waals surface area contributed by atoms with Gasteiger partial charge < -0.3 is 10.1 Å². The fraction of sp³-hybridized carbons (Fsp3) is 0.917. The number of nitrogens with one attached hydrogen (secondary N) is 1. The third-order valence-electron chi connectivity index (χ3n) is 2.57. The quantitative estimate of drug-likeness (QED) is 0.547. The Morgan fingerprint density at radius 1 is 1.32 bits per heavy atom. The summed E-state index contributed by atoms with van der Waals surface area (Å²) in [6.07, 6.45) is 1.15. The van der Waals surface area contributed by atoms with E-state index in [2.05, 4.69) is 41.6 Å². The third kappa shape index (κ3) is 7.49. The highest BCUT2D eigenvalue weighted by Crippen LogP contribution is 2.24. The number of ether oxygens (including phenoxy) is 1. The van der Waals surface area contributed by atoms with E-state index < -0.39 is 0 Å². The van der Waals surface area contributed by atoms with Gasteiger partial charge in [0.25, 0.3) is 0 Å². The molecule has 1 aromatic rings. The van der Waals surface area contributed by atoms with Crippen LogP contribution in [0.2, 0.25) is 0 Å². The first-order valence-corrected chi connectivity index (χ1v) is 7.60. The molecular formula is C12H25N5OS. The van der Waals surface area contributed by atoms with E-state index in [1.165, 1.54) is 0 Å². The van der Waals surface area contributed by atoms with Crippen LogP contribution in [0.3, 0.4) is 0 Å². The van der Waals surface area contributed by atoms with Crippen molar-refractivity contribution in [3.63, 3.8) is 0 Å². The minimum absolute atomic E-state index is 0.354. The molecule has 1 heterocycles. The van der Waals surface area contributed by atoms with Gasteiger partial charge in [-0.3, -0.25) is 0 Å². The zero-order chi connectivity index (χ0) is 14.1. The van der Waals surface area contributed by atoms with Gasteiger partial charge in [-0.2, -0.15) is 0 Å². The van der Waals surface area contributed by atoms with Crippen LogP contribution in [0.15, 0.2) is 5.16 Å². The van der Waals surface area contributed by atoms with Gasteiger partial charge in [-0.1, -0.05) is 32.5 Å². The first-order valence-electron chi connectivity index (χ1n) is 6.61. The highest BCUT2D eigenvalue weighted by atomic mass is 32.2. The first-order chi connectivity index (χ1) is 9.03. The number of rotatable bonds is 9. The molecule has 0 radical (unpaired) electrons. The van der Waals surface area contributed by atoms with Crippen molar-refractivity contribution in [1.29, 1.82) is 0 Å². The van der Waals surface area contributed by atoms with Crippen LogP contribution < -0.4 is 5.32 Å². The molecule has 0 aliphatic carbocycles. The van der Waals surface area contributed by atoms with Crippen molar-refractivity contribution in [3.05, 3.63) is 0 Å². The minimum Gasteiger partial charge on any atom is -0.383 e. The Bertz CT molecular complexity index is 350. The van der Waals surface area contributed by atoms with Crippen molar-refractivity contribution in [2.45, 2.75) is 38.9 Å². The van der Waals surface area contributed by atoms with E-state index in [0.29, 0.717) is 5.41 Å². The topological polar surface area (TPSA) is 64.9 Å². The van der Waals surface area contributed by atoms with Crippen molar-refractivity contribution in [3.8, 4) is 0 Å². The van der Waals surface area contributed by atoms with Crippen LogP contribution in [-0.4, -0.2) is 52.8 Å². The first kappa shape index (κ1) is 16.4. The maximum absolute atomic E-state index is 4.97. The van der Waals surface area contributed by atoms with Gasteiger partial charge in [0.05, 0.1) is 13.2 Å². The second kappa shape index (κ2) is 8.50. The van der Waals surface area contributed by atoms with Gasteiger partial charge in [-0.15, -0.1) is 5.10 Å². The summed E-state index contributed by atoms with van der Waals surface area (Å²) < 4.78 is 6.83. The van der Waals surface area contributed by atoms with E-state index >= 15 is 0 Å². The van der Waals surface area contributed by atoms with Crippen LogP contribution in [0.1, 0.15) is 27.2 Å². The zero-order valence-corrected chi connectivity index (χ0v) is 13.2. The third-order valence-corrected chi connectivity index (χ3v) is 3.52. The lowest BCUT2D eigenvalue weighted by Crippen LogP contribution is -2.24. The highest BCUT2D eigenvalue weighted by molar-refractivity contribution is 7.99. The predicted molar refractivity (Wildman–Crippen MR) is 77.4 cm³/mol. The molecule has 1 aromatic heterocycles. The Hall–Kier alpha value is -0.660. The van der Waals surface area contributed by atoms with Crippen molar-refractivity contribution in [1.82, 2.24) is 25.5 Å². The van der Waals surface area contributed by atoms with Crippen LogP contribution in [0.4, 0.5) is 0 Å². The lowest BCUT2D eigenvalue weighted by Gasteiger charge is -2.16. The standard InChI is InChI=1S/C12H25N5OS/c1-12(2,3)5-10-19-11-14-15-16-17(11)8-6-13-7-9-18-4/h13H,5-10H2,1-4H3. The Labute approximate surface area is 119 Å². The monoisotopic (exact) mass is 287 g/mol. The second-order valence-electron chi connectivity index (χ2n) is 5.59. The van der Waals surface area contributed by atoms with Gasteiger partial charge in [0.2, 0.25) is 5.16 Å². The Balaban J connectivity index is 2.26. The van der Waals surface area contributed by atoms with Crippen LogP contribution in [0, 0.1) is 5.41 Å². The Morgan fingerprint density at radius 2 is 2.11 bits per heavy atom. The van der Waals surface area contributed by atoms with E-state index in [4.69, 9.17) is 4.74 Å². The number of tetrazole rings is 1. The van der Waals surface area contributed by atoms with Gasteiger partial charge in [0, 0.05) is 26.0 Å². The summed E-state index contributed by atoms with van der Waals surface area (Å²) in [5.41, 5.74) is 0.354. The van der Waals surface area contributed by atoms with Gasteiger partial charge >= 0.3 is 0 Å². The summed E-state index contributed by atoms with van der Waals surface area (Å²) in [7, 11) is 1.70. The summed E-state index contributed by atoms with van der Waals surface area (Å²) in [6, 6.07) is 0. The fourth-order valence-corrected chi connectivity index (χ4v) is 2.64. The summed E-state index contributed by atoms with van der Waals surface area (Å²) >= 11 is 1.72. The number of methoxy groups -OCH3 is 1. The van der Waals surface area contributed by atoms with Gasteiger partial charge in [-0.25, -0.2) is 4.68 Å². The molecule has 110 valence electrons. The number of hydrogen-bond acceptors (Lipinski definition) is 6. The summed E-state index contributed by atoms with van der Waals surface area (Å²) in [5.74, 6) is 1.04. The van der Waals surface area contributed by atoms with Crippen molar-refractivity contribution in [2.24, 2.45) is 5.41 Å². The fourth-order valence-electron chi connectivity index (χ4n) is 1.37. The molecule has 6 nitrogen and oxygen atoms in total. The molecule has 1 N–H and O–H groups in total. The van der Waals surface area contributed by atoms with Crippen molar-refractivity contribution >= 4 is 11.8 Å². The molecule has 0 amide bonds. The lowest BCUT2D eigenvalue weighted by molar-refractivity contribution is 0.199. The largest absolute Gasteiger partial charge is 0.383 e. The molecule has 7 heteroatoms. The number of nitrogens with zero attached hydrogens (tertiary/aromatic N) is 4. The summed E-state index contributed by atoms with van der Waals surface area (Å²) in [5, 5.41) is 16.0. The van der Waals surface area contributed by atoms with E-state index in [-0.39, 0.29) is 0 Å². The van der Waals surface area contributed by atoms with E-state index in [0.717, 1.165) is 43.6 Å². The van der Waals surface area contributed by atoms with Crippen molar-refractivity contribution < 1.29 is 4.74 Å². The molecule has 0 unspecified atom stereocenters. The highest BCUT2D eigenvalue weighted by Gasteiger charge is 2.12. The molecular weight excluding hydrogens is 262 g/mol. The second-order valence-corrected chi connectivity index (χ2v) is 6.65. The lowest BCUT2D eigenvalue weighted by atomic mass is 9.94. The van der Waals surface area contributed by atoms with E-state index in [1.807, 2.05) is 4.68 Å². The predicted octanol–water partition coefficient (Wildman–Crippen LogP) is 1.44. The van der Waals surface area contributed by atoms with E-state index in [1.54, 1.807) is 18.9 Å². The van der Waals surface area contributed by atoms with Gasteiger partial charge in [0.15, 0.2) is 0 Å². The number of hydrogen-bond donors (Lipinski definition) is 1. The Morgan fingerprint density at radius 3 is 2.79 bits per heavy atom. The van der Waals surface area contributed by atoms with Gasteiger partial charge in [0.1, 0.15) is 0 Å². The average Bonchev–Trinajstić information content (AvgIpc) is 2.75. The van der Waals surface area contributed by atoms with Crippen molar-refractivity contribution in [2.75, 3.05) is 32.6 Å². The molecule has 0 spiro atoms. The Kier molecular flexibility index (Phi) is 7.33. The number of thioether (sulfide) groups is 1. The van der Waals surface area contributed by atoms with Crippen LogP contribution in [0.25, 0.3) is 0 Å². The molecule has 0 saturated heterocycles. The maximum atomic E-state index is 4.97. The van der Waals surface area contributed by atoms with Crippen LogP contribution in [-0.2, 0) is 11.3 Å². The van der Waals surface area contributed by atoms with Crippen LogP contribution in [0.5, 0.6) is 0 Å². The minimum atomic E-state index is 0.354. The van der Waals surface area contributed by atoms with Gasteiger partial charge in [-0.05, 0) is 22.3 Å². The molecule has 1 rings (SSSR count). The smallest absolute Gasteiger partial charge is 0.209 e. The van der Waals surface area contributed by atoms with Crippen LogP contribution >= 0.6 is 11.8 Å².